The molecule has 8 heteroatoms. The highest BCUT2D eigenvalue weighted by Crippen LogP contribution is 2.23. The van der Waals surface area contributed by atoms with Crippen molar-refractivity contribution < 1.29 is 27.4 Å². The Hall–Kier alpha value is -2.61. The fourth-order valence-electron chi connectivity index (χ4n) is 2.09. The first-order valence-corrected chi connectivity index (χ1v) is 9.17. The van der Waals surface area contributed by atoms with Crippen molar-refractivity contribution in [3.05, 3.63) is 54.3 Å². The van der Waals surface area contributed by atoms with Gasteiger partial charge in [0.25, 0.3) is 0 Å². The summed E-state index contributed by atoms with van der Waals surface area (Å²) in [5.41, 5.74) is 0. The van der Waals surface area contributed by atoms with Gasteiger partial charge in [0.2, 0.25) is 0 Å². The second kappa shape index (κ2) is 7.98. The van der Waals surface area contributed by atoms with Crippen molar-refractivity contribution in [2.24, 2.45) is 0 Å². The van der Waals surface area contributed by atoms with Gasteiger partial charge in [-0.25, -0.2) is 17.6 Å². The second-order valence-corrected chi connectivity index (χ2v) is 7.59. The molecule has 0 heterocycles. The van der Waals surface area contributed by atoms with E-state index in [0.29, 0.717) is 11.5 Å². The van der Waals surface area contributed by atoms with Gasteiger partial charge in [-0.15, -0.1) is 0 Å². The molecule has 0 aliphatic heterocycles. The molecule has 0 fully saturated rings. The number of amides is 1. The Kier molecular flexibility index (Phi) is 5.97. The maximum Gasteiger partial charge on any atom is 0.404 e. The lowest BCUT2D eigenvalue weighted by Gasteiger charge is -2.12. The molecular weight excluding hydrogens is 349 g/mol. The number of benzene rings is 2. The van der Waals surface area contributed by atoms with Crippen molar-refractivity contribution in [2.45, 2.75) is 24.3 Å². The smallest absolute Gasteiger partial charge is 0.404 e. The Morgan fingerprint density at radius 1 is 1.12 bits per heavy atom. The Morgan fingerprint density at radius 2 is 1.64 bits per heavy atom. The lowest BCUT2D eigenvalue weighted by molar-refractivity contribution is 0.190. The average Bonchev–Trinajstić information content (AvgIpc) is 2.55. The first-order chi connectivity index (χ1) is 11.8. The zero-order valence-corrected chi connectivity index (χ0v) is 14.3. The maximum absolute atomic E-state index is 12.8. The number of halogens is 1. The van der Waals surface area contributed by atoms with E-state index in [2.05, 4.69) is 5.32 Å². The predicted molar refractivity (Wildman–Crippen MR) is 90.2 cm³/mol. The third kappa shape index (κ3) is 5.75. The summed E-state index contributed by atoms with van der Waals surface area (Å²) in [6.45, 7) is 1.60. The summed E-state index contributed by atoms with van der Waals surface area (Å²) >= 11 is 0. The number of hydrogen-bond donors (Lipinski definition) is 2. The molecule has 1 atom stereocenters. The molecule has 1 unspecified atom stereocenters. The van der Waals surface area contributed by atoms with Gasteiger partial charge in [-0.2, -0.15) is 0 Å². The Balaban J connectivity index is 2.00. The van der Waals surface area contributed by atoms with Crippen molar-refractivity contribution >= 4 is 15.9 Å². The molecule has 134 valence electrons. The fraction of sp³-hybridized carbons (Fsp3) is 0.235. The van der Waals surface area contributed by atoms with Crippen LogP contribution in [-0.2, 0) is 9.84 Å². The molecule has 0 radical (unpaired) electrons. The van der Waals surface area contributed by atoms with Crippen LogP contribution in [0.4, 0.5) is 9.18 Å². The number of carbonyl (C=O) groups is 1. The highest BCUT2D eigenvalue weighted by Gasteiger charge is 2.17. The van der Waals surface area contributed by atoms with E-state index in [-0.39, 0.29) is 22.9 Å². The minimum atomic E-state index is -3.52. The molecule has 0 bridgehead atoms. The van der Waals surface area contributed by atoms with Gasteiger partial charge in [0, 0.05) is 6.04 Å². The minimum Gasteiger partial charge on any atom is -0.465 e. The van der Waals surface area contributed by atoms with Crippen LogP contribution in [0.1, 0.15) is 13.3 Å². The van der Waals surface area contributed by atoms with Gasteiger partial charge in [-0.1, -0.05) is 0 Å². The van der Waals surface area contributed by atoms with Crippen molar-refractivity contribution in [3.63, 3.8) is 0 Å². The first-order valence-electron chi connectivity index (χ1n) is 7.52. The summed E-state index contributed by atoms with van der Waals surface area (Å²) in [6, 6.07) is 10.9. The summed E-state index contributed by atoms with van der Waals surface area (Å²) in [4.78, 5) is 10.6. The van der Waals surface area contributed by atoms with Crippen LogP contribution in [0.15, 0.2) is 53.4 Å². The molecule has 2 aromatic rings. The fourth-order valence-corrected chi connectivity index (χ4v) is 3.54. The van der Waals surface area contributed by atoms with E-state index in [1.54, 1.807) is 6.92 Å². The molecule has 2 rings (SSSR count). The number of sulfone groups is 1. The molecule has 0 aliphatic carbocycles. The van der Waals surface area contributed by atoms with Crippen molar-refractivity contribution in [1.29, 1.82) is 0 Å². The van der Waals surface area contributed by atoms with Crippen molar-refractivity contribution in [1.82, 2.24) is 5.32 Å². The quantitative estimate of drug-likeness (QED) is 0.782. The first kappa shape index (κ1) is 18.7. The van der Waals surface area contributed by atoms with E-state index in [9.17, 15) is 17.6 Å². The van der Waals surface area contributed by atoms with Crippen molar-refractivity contribution in [2.75, 3.05) is 5.75 Å². The largest absolute Gasteiger partial charge is 0.465 e. The van der Waals surface area contributed by atoms with Crippen LogP contribution in [0.25, 0.3) is 0 Å². The average molecular weight is 367 g/mol. The maximum atomic E-state index is 12.8. The topological polar surface area (TPSA) is 92.7 Å². The zero-order chi connectivity index (χ0) is 18.4. The van der Waals surface area contributed by atoms with Crippen LogP contribution >= 0.6 is 0 Å². The van der Waals surface area contributed by atoms with Crippen LogP contribution in [0.2, 0.25) is 0 Å². The van der Waals surface area contributed by atoms with E-state index >= 15 is 0 Å². The Morgan fingerprint density at radius 3 is 2.16 bits per heavy atom. The van der Waals surface area contributed by atoms with Gasteiger partial charge in [-0.05, 0) is 61.9 Å². The van der Waals surface area contributed by atoms with Gasteiger partial charge in [-0.3, -0.25) is 0 Å². The summed E-state index contributed by atoms with van der Waals surface area (Å²) in [5, 5.41) is 10.8. The zero-order valence-electron chi connectivity index (χ0n) is 13.5. The lowest BCUT2D eigenvalue weighted by atomic mass is 10.3. The number of rotatable bonds is 7. The minimum absolute atomic E-state index is 0.126. The summed E-state index contributed by atoms with van der Waals surface area (Å²) in [7, 11) is -3.52. The highest BCUT2D eigenvalue weighted by molar-refractivity contribution is 7.91. The molecule has 0 saturated heterocycles. The van der Waals surface area contributed by atoms with E-state index in [0.717, 1.165) is 0 Å². The van der Waals surface area contributed by atoms with Crippen LogP contribution in [-0.4, -0.2) is 31.4 Å². The van der Waals surface area contributed by atoms with E-state index in [1.165, 1.54) is 48.5 Å². The second-order valence-electron chi connectivity index (χ2n) is 5.49. The summed E-state index contributed by atoms with van der Waals surface area (Å²) < 4.78 is 42.9. The van der Waals surface area contributed by atoms with E-state index in [4.69, 9.17) is 9.84 Å². The molecule has 0 aliphatic rings. The number of hydrogen-bond acceptors (Lipinski definition) is 4. The van der Waals surface area contributed by atoms with Crippen LogP contribution in [0.5, 0.6) is 11.5 Å². The monoisotopic (exact) mass is 367 g/mol. The summed E-state index contributed by atoms with van der Waals surface area (Å²) in [6.07, 6.45) is -1.02. The number of nitrogens with one attached hydrogen (secondary N) is 1. The molecule has 6 nitrogen and oxygen atoms in total. The molecule has 2 aromatic carbocycles. The third-order valence-electron chi connectivity index (χ3n) is 3.42. The molecule has 0 saturated carbocycles. The molecule has 25 heavy (non-hydrogen) atoms. The molecule has 0 spiro atoms. The Bertz CT molecular complexity index is 819. The van der Waals surface area contributed by atoms with E-state index in [1.807, 2.05) is 0 Å². The summed E-state index contributed by atoms with van der Waals surface area (Å²) in [5.74, 6) is 0.310. The normalized spacial score (nSPS) is 12.4. The standard InChI is InChI=1S/C17H18FNO5S/c1-12(19-17(20)21)10-11-25(22,23)16-8-6-15(7-9-16)24-14-4-2-13(18)3-5-14/h2-9,12,19H,10-11H2,1H3,(H,20,21). The van der Waals surface area contributed by atoms with Crippen LogP contribution in [0.3, 0.4) is 0 Å². The van der Waals surface area contributed by atoms with Crippen molar-refractivity contribution in [3.8, 4) is 11.5 Å². The SMILES string of the molecule is CC(CCS(=O)(=O)c1ccc(Oc2ccc(F)cc2)cc1)NC(=O)O. The van der Waals surface area contributed by atoms with Gasteiger partial charge in [0.1, 0.15) is 17.3 Å². The van der Waals surface area contributed by atoms with Crippen LogP contribution in [0, 0.1) is 5.82 Å². The lowest BCUT2D eigenvalue weighted by Crippen LogP contribution is -2.32. The molecule has 1 amide bonds. The van der Waals surface area contributed by atoms with Gasteiger partial charge >= 0.3 is 6.09 Å². The number of ether oxygens (including phenoxy) is 1. The van der Waals surface area contributed by atoms with Gasteiger partial charge in [0.05, 0.1) is 10.6 Å². The van der Waals surface area contributed by atoms with Gasteiger partial charge < -0.3 is 15.2 Å². The molecule has 2 N–H and O–H groups in total. The molecular formula is C17H18FNO5S. The molecule has 0 aromatic heterocycles. The predicted octanol–water partition coefficient (Wildman–Crippen LogP) is 3.44. The highest BCUT2D eigenvalue weighted by atomic mass is 32.2. The van der Waals surface area contributed by atoms with Gasteiger partial charge in [0.15, 0.2) is 9.84 Å². The van der Waals surface area contributed by atoms with E-state index < -0.39 is 22.0 Å². The number of carboxylic acid groups (broad SMARTS) is 1. The third-order valence-corrected chi connectivity index (χ3v) is 5.19. The Labute approximate surface area is 145 Å². The van der Waals surface area contributed by atoms with Crippen LogP contribution < -0.4 is 10.1 Å².